The van der Waals surface area contributed by atoms with Crippen LogP contribution in [0.5, 0.6) is 11.8 Å². The minimum Gasteiger partial charge on any atom is -0.478 e. The monoisotopic (exact) mass is 982 g/mol. The van der Waals surface area contributed by atoms with E-state index in [9.17, 15) is 26.4 Å². The third-order valence-corrected chi connectivity index (χ3v) is 13.4. The van der Waals surface area contributed by atoms with Crippen LogP contribution >= 0.6 is 11.6 Å². The van der Waals surface area contributed by atoms with Gasteiger partial charge in [-0.3, -0.25) is 9.59 Å². The molecule has 0 radical (unpaired) electrons. The molecule has 0 bridgehead atoms. The molecule has 6 aromatic rings. The van der Waals surface area contributed by atoms with Crippen LogP contribution in [0.1, 0.15) is 81.4 Å². The van der Waals surface area contributed by atoms with Crippen LogP contribution in [0.25, 0.3) is 22.6 Å². The molecule has 0 unspecified atom stereocenters. The lowest BCUT2D eigenvalue weighted by atomic mass is 9.96. The van der Waals surface area contributed by atoms with Crippen LogP contribution in [0, 0.1) is 19.8 Å². The number of nitrogens with two attached hydrogens (primary N) is 2. The quantitative estimate of drug-likeness (QED) is 0.0794. The van der Waals surface area contributed by atoms with Crippen LogP contribution in [0.3, 0.4) is 0 Å². The van der Waals surface area contributed by atoms with Gasteiger partial charge in [-0.15, -0.1) is 0 Å². The van der Waals surface area contributed by atoms with Gasteiger partial charge in [0.15, 0.2) is 0 Å². The summed E-state index contributed by atoms with van der Waals surface area (Å²) in [5.74, 6) is -0.739. The van der Waals surface area contributed by atoms with Gasteiger partial charge >= 0.3 is 0 Å². The predicted molar refractivity (Wildman–Crippen MR) is 268 cm³/mol. The Bertz CT molecular complexity index is 3090. The van der Waals surface area contributed by atoms with E-state index in [0.29, 0.717) is 53.7 Å². The first kappa shape index (κ1) is 49.5. The number of nitrogen functional groups attached to an aromatic ring is 2. The first-order valence-electron chi connectivity index (χ1n) is 21.0. The maximum Gasteiger partial charge on any atom is 0.268 e. The van der Waals surface area contributed by atoms with Crippen molar-refractivity contribution in [2.45, 2.75) is 70.2 Å². The molecule has 18 nitrogen and oxygen atoms in total. The number of ether oxygens (including phenoxy) is 2. The summed E-state index contributed by atoms with van der Waals surface area (Å²) in [6.45, 7) is 15.7. The number of pyridine rings is 5. The normalized spacial score (nSPS) is 14.4. The van der Waals surface area contributed by atoms with Crippen LogP contribution in [-0.2, 0) is 20.0 Å². The van der Waals surface area contributed by atoms with Crippen LogP contribution in [0.2, 0.25) is 5.15 Å². The van der Waals surface area contributed by atoms with Gasteiger partial charge in [-0.1, -0.05) is 24.6 Å². The van der Waals surface area contributed by atoms with Gasteiger partial charge in [-0.2, -0.15) is 0 Å². The van der Waals surface area contributed by atoms with E-state index >= 15 is 0 Å². The number of sulfonamides is 2. The molecule has 2 amide bonds. The summed E-state index contributed by atoms with van der Waals surface area (Å²) in [7, 11) is -8.47. The Balaban J connectivity index is 0.00000134. The molecule has 5 aromatic heterocycles. The second-order valence-electron chi connectivity index (χ2n) is 16.2. The van der Waals surface area contributed by atoms with Crippen molar-refractivity contribution in [1.82, 2.24) is 34.4 Å². The summed E-state index contributed by atoms with van der Waals surface area (Å²) in [5, 5.41) is -0.180. The van der Waals surface area contributed by atoms with Gasteiger partial charge in [0.05, 0.1) is 47.1 Å². The molecule has 1 fully saturated rings. The zero-order valence-corrected chi connectivity index (χ0v) is 40.3. The number of aryl methyl sites for hydroxylation is 2. The van der Waals surface area contributed by atoms with Gasteiger partial charge in [0, 0.05) is 50.7 Å². The van der Waals surface area contributed by atoms with Gasteiger partial charge in [0.1, 0.15) is 26.6 Å². The highest BCUT2D eigenvalue weighted by Gasteiger charge is 2.38. The number of rotatable bonds is 13. The van der Waals surface area contributed by atoms with Crippen molar-refractivity contribution in [3.63, 3.8) is 0 Å². The maximum atomic E-state index is 13.4. The average Bonchev–Trinajstić information content (AvgIpc) is 3.54. The molecule has 0 aliphatic carbocycles. The highest BCUT2D eigenvalue weighted by molar-refractivity contribution is 7.90. The zero-order valence-electron chi connectivity index (χ0n) is 37.9. The lowest BCUT2D eigenvalue weighted by molar-refractivity contribution is 0.0972. The first-order chi connectivity index (χ1) is 31.6. The molecule has 364 valence electrons. The number of benzene rings is 1. The largest absolute Gasteiger partial charge is 0.478 e. The number of hydrogen-bond donors (Lipinski definition) is 4. The van der Waals surface area contributed by atoms with Crippen LogP contribution in [0.4, 0.5) is 17.3 Å². The Morgan fingerprint density at radius 2 is 1.25 bits per heavy atom. The summed E-state index contributed by atoms with van der Waals surface area (Å²) in [6.07, 6.45) is 3.66. The van der Waals surface area contributed by atoms with Gasteiger partial charge in [0.2, 0.25) is 11.8 Å². The molecule has 1 aromatic carbocycles. The second kappa shape index (κ2) is 20.3. The molecule has 1 aliphatic rings. The fraction of sp³-hybridized carbons (Fsp3) is 0.283. The van der Waals surface area contributed by atoms with Crippen molar-refractivity contribution < 1.29 is 44.5 Å². The number of nitrogens with one attached hydrogen (secondary N) is 2. The average molecular weight is 984 g/mol. The standard InChI is InChI=1S/C27H33N5O4S.C19H18ClN5O4S.6H2/c1-6-36-24-13-17(2)12-21(30-24)19-9-10-20(22(14-19)32-16-18(3)15-27(32,4)5)26(33)31-37(34,35)23-8-7-11-29-25(23)28;1-3-29-16-10-11(2)9-14(23-16)13-7-6-12(17(20)24-13)19(26)25-30(27,28)15-5-4-8-22-18(15)21;;;;;;/h7-14,18H,6,15-16H2,1-5H3,(H2,28,29)(H,31,33);4-10H,3H2,1-2H3,(H2,21,22)(H,25,26);6*1H/t18-;;;;;;;/m0......./s1. The SMILES string of the molecule is CCOc1cc(C)cc(-c2ccc(C(=O)NS(=O)(=O)c3cccnc3N)c(Cl)n2)n1.CCOc1cc(C)cc(-c2ccc(C(=O)NS(=O)(=O)c3cccnc3N)c(N3C[C@@H](C)CC3(C)C)c2)n1.[HH].[HH].[HH].[HH].[HH].[HH]. The number of carbonyl (C=O) groups excluding carboxylic acids is 2. The molecule has 21 heteroatoms. The number of hydrogen-bond acceptors (Lipinski definition) is 16. The molecule has 6 heterocycles. The Hall–Kier alpha value is -6.90. The number of halogens is 1. The molecule has 67 heavy (non-hydrogen) atoms. The van der Waals surface area contributed by atoms with Crippen molar-refractivity contribution in [3.05, 3.63) is 119 Å². The van der Waals surface area contributed by atoms with E-state index in [0.717, 1.165) is 29.7 Å². The third kappa shape index (κ3) is 11.7. The van der Waals surface area contributed by atoms with Gasteiger partial charge in [-0.05, 0) is 126 Å². The number of amides is 2. The molecular weight excluding hydrogens is 920 g/mol. The van der Waals surface area contributed by atoms with E-state index in [1.165, 1.54) is 48.8 Å². The summed E-state index contributed by atoms with van der Waals surface area (Å²) < 4.78 is 66.0. The van der Waals surface area contributed by atoms with Gasteiger partial charge < -0.3 is 25.8 Å². The van der Waals surface area contributed by atoms with Gasteiger partial charge in [0.25, 0.3) is 31.9 Å². The maximum absolute atomic E-state index is 13.4. The van der Waals surface area contributed by atoms with Crippen LogP contribution in [0.15, 0.2) is 101 Å². The fourth-order valence-corrected chi connectivity index (χ4v) is 9.92. The van der Waals surface area contributed by atoms with Crippen LogP contribution < -0.4 is 35.3 Å². The van der Waals surface area contributed by atoms with Crippen molar-refractivity contribution in [2.24, 2.45) is 5.92 Å². The Morgan fingerprint density at radius 3 is 1.75 bits per heavy atom. The van der Waals surface area contributed by atoms with E-state index < -0.39 is 31.9 Å². The fourth-order valence-electron chi connectivity index (χ4n) is 7.58. The molecule has 6 N–H and O–H groups in total. The summed E-state index contributed by atoms with van der Waals surface area (Å²) in [5.41, 5.74) is 16.2. The van der Waals surface area contributed by atoms with E-state index in [2.05, 4.69) is 55.3 Å². The Kier molecular flexibility index (Phi) is 15.0. The minimum atomic E-state index is -4.24. The van der Waals surface area contributed by atoms with E-state index in [4.69, 9.17) is 32.5 Å². The molecule has 1 saturated heterocycles. The zero-order chi connectivity index (χ0) is 48.8. The molecular formula is C46H63ClN10O8S2. The number of aromatic nitrogens is 5. The van der Waals surface area contributed by atoms with E-state index in [1.54, 1.807) is 24.3 Å². The number of anilines is 3. The molecule has 1 atom stereocenters. The highest BCUT2D eigenvalue weighted by Crippen LogP contribution is 2.40. The highest BCUT2D eigenvalue weighted by atomic mass is 35.5. The predicted octanol–water partition coefficient (Wildman–Crippen LogP) is 8.25. The van der Waals surface area contributed by atoms with Crippen molar-refractivity contribution in [3.8, 4) is 34.4 Å². The van der Waals surface area contributed by atoms with Gasteiger partial charge in [-0.25, -0.2) is 51.2 Å². The Morgan fingerprint density at radius 1 is 0.746 bits per heavy atom. The molecule has 7 rings (SSSR count). The smallest absolute Gasteiger partial charge is 0.268 e. The van der Waals surface area contributed by atoms with Crippen LogP contribution in [-0.4, -0.2) is 78.9 Å². The molecule has 0 spiro atoms. The topological polar surface area (TPSA) is 265 Å². The van der Waals surface area contributed by atoms with E-state index in [-0.39, 0.29) is 51.8 Å². The van der Waals surface area contributed by atoms with Crippen molar-refractivity contribution in [1.29, 1.82) is 0 Å². The summed E-state index contributed by atoms with van der Waals surface area (Å²) in [6, 6.07) is 21.0. The Labute approximate surface area is 403 Å². The summed E-state index contributed by atoms with van der Waals surface area (Å²) >= 11 is 6.16. The lowest BCUT2D eigenvalue weighted by Gasteiger charge is -2.35. The molecule has 1 aliphatic heterocycles. The number of nitrogens with zero attached hydrogens (tertiary/aromatic N) is 6. The van der Waals surface area contributed by atoms with Crippen molar-refractivity contribution in [2.75, 3.05) is 36.1 Å². The summed E-state index contributed by atoms with van der Waals surface area (Å²) in [4.78, 5) is 48.3. The minimum absolute atomic E-state index is 0. The number of carbonyl (C=O) groups is 2. The molecule has 0 saturated carbocycles. The lowest BCUT2D eigenvalue weighted by Crippen LogP contribution is -2.40. The first-order valence-corrected chi connectivity index (χ1v) is 24.3. The third-order valence-electron chi connectivity index (χ3n) is 10.4. The van der Waals surface area contributed by atoms with Crippen molar-refractivity contribution >= 4 is 60.8 Å². The van der Waals surface area contributed by atoms with E-state index in [1.807, 2.05) is 50.6 Å². The second-order valence-corrected chi connectivity index (χ2v) is 19.9.